The minimum absolute atomic E-state index is 0.141. The Morgan fingerprint density at radius 3 is 2.30 bits per heavy atom. The van der Waals surface area contributed by atoms with Crippen molar-refractivity contribution in [2.24, 2.45) is 0 Å². The summed E-state index contributed by atoms with van der Waals surface area (Å²) in [6, 6.07) is 5.57. The molecule has 0 aliphatic rings. The number of aliphatic hydroxyl groups excluding tert-OH is 1. The first kappa shape index (κ1) is 16.6. The maximum absolute atomic E-state index is 12.2. The highest BCUT2D eigenvalue weighted by Crippen LogP contribution is 2.17. The first-order chi connectivity index (χ1) is 9.30. The van der Waals surface area contributed by atoms with Crippen molar-refractivity contribution >= 4 is 15.9 Å². The number of aliphatic hydroxyl groups is 1. The van der Waals surface area contributed by atoms with Crippen molar-refractivity contribution in [1.82, 2.24) is 9.62 Å². The van der Waals surface area contributed by atoms with Crippen molar-refractivity contribution < 1.29 is 18.3 Å². The second kappa shape index (κ2) is 6.83. The van der Waals surface area contributed by atoms with E-state index in [4.69, 9.17) is 5.11 Å². The summed E-state index contributed by atoms with van der Waals surface area (Å²) < 4.78 is 25.7. The fourth-order valence-corrected chi connectivity index (χ4v) is 2.86. The number of amides is 1. The summed E-state index contributed by atoms with van der Waals surface area (Å²) in [5.74, 6) is -0.347. The lowest BCUT2D eigenvalue weighted by Gasteiger charge is -2.21. The molecule has 1 amide bonds. The van der Waals surface area contributed by atoms with Crippen LogP contribution in [0, 0.1) is 0 Å². The number of carbonyl (C=O) groups excluding carboxylic acids is 1. The van der Waals surface area contributed by atoms with Crippen molar-refractivity contribution in [3.8, 4) is 0 Å². The van der Waals surface area contributed by atoms with E-state index in [2.05, 4.69) is 5.32 Å². The first-order valence-corrected chi connectivity index (χ1v) is 7.72. The number of benzene rings is 1. The van der Waals surface area contributed by atoms with Gasteiger partial charge in [-0.2, -0.15) is 4.31 Å². The molecule has 0 bridgehead atoms. The third kappa shape index (κ3) is 3.78. The summed E-state index contributed by atoms with van der Waals surface area (Å²) in [4.78, 5) is 11.8. The fraction of sp³-hybridized carbons (Fsp3) is 0.462. The molecule has 0 fully saturated rings. The van der Waals surface area contributed by atoms with Gasteiger partial charge < -0.3 is 10.4 Å². The molecule has 0 unspecified atom stereocenters. The van der Waals surface area contributed by atoms with E-state index in [1.807, 2.05) is 0 Å². The van der Waals surface area contributed by atoms with Crippen LogP contribution in [0.5, 0.6) is 0 Å². The van der Waals surface area contributed by atoms with Gasteiger partial charge in [-0.25, -0.2) is 8.42 Å². The van der Waals surface area contributed by atoms with Gasteiger partial charge in [-0.15, -0.1) is 0 Å². The van der Waals surface area contributed by atoms with Crippen LogP contribution in [0.2, 0.25) is 0 Å². The lowest BCUT2D eigenvalue weighted by Crippen LogP contribution is -2.33. The molecule has 112 valence electrons. The summed E-state index contributed by atoms with van der Waals surface area (Å²) in [5.41, 5.74) is 0.351. The largest absolute Gasteiger partial charge is 0.395 e. The Bertz CT molecular complexity index is 552. The zero-order chi connectivity index (χ0) is 15.3. The highest BCUT2D eigenvalue weighted by molar-refractivity contribution is 7.89. The zero-order valence-corrected chi connectivity index (χ0v) is 12.6. The van der Waals surface area contributed by atoms with Crippen molar-refractivity contribution in [1.29, 1.82) is 0 Å². The average Bonchev–Trinajstić information content (AvgIpc) is 2.43. The van der Waals surface area contributed by atoms with Gasteiger partial charge in [-0.05, 0) is 38.1 Å². The molecule has 20 heavy (non-hydrogen) atoms. The van der Waals surface area contributed by atoms with Gasteiger partial charge in [0.15, 0.2) is 0 Å². The predicted molar refractivity (Wildman–Crippen MR) is 75.9 cm³/mol. The highest BCUT2D eigenvalue weighted by Gasteiger charge is 2.23. The molecule has 1 aromatic carbocycles. The molecule has 7 heteroatoms. The minimum Gasteiger partial charge on any atom is -0.395 e. The van der Waals surface area contributed by atoms with Crippen LogP contribution < -0.4 is 5.32 Å². The zero-order valence-electron chi connectivity index (χ0n) is 11.8. The number of sulfonamides is 1. The summed E-state index contributed by atoms with van der Waals surface area (Å²) in [6.45, 7) is 3.59. The van der Waals surface area contributed by atoms with Gasteiger partial charge in [0.2, 0.25) is 10.0 Å². The van der Waals surface area contributed by atoms with E-state index >= 15 is 0 Å². The third-order valence-electron chi connectivity index (χ3n) is 2.92. The number of rotatable bonds is 6. The van der Waals surface area contributed by atoms with E-state index in [1.54, 1.807) is 13.8 Å². The van der Waals surface area contributed by atoms with Gasteiger partial charge in [0.05, 0.1) is 11.5 Å². The Morgan fingerprint density at radius 2 is 1.85 bits per heavy atom. The van der Waals surface area contributed by atoms with E-state index < -0.39 is 10.0 Å². The van der Waals surface area contributed by atoms with Gasteiger partial charge in [-0.3, -0.25) is 4.79 Å². The number of hydrogen-bond acceptors (Lipinski definition) is 4. The molecule has 2 N–H and O–H groups in total. The quantitative estimate of drug-likeness (QED) is 0.798. The number of nitrogens with one attached hydrogen (secondary N) is 1. The van der Waals surface area contributed by atoms with Gasteiger partial charge in [0, 0.05) is 25.2 Å². The lowest BCUT2D eigenvalue weighted by atomic mass is 10.2. The molecule has 0 saturated heterocycles. The maximum atomic E-state index is 12.2. The van der Waals surface area contributed by atoms with Crippen LogP contribution in [0.15, 0.2) is 29.2 Å². The topological polar surface area (TPSA) is 86.7 Å². The molecule has 0 aromatic heterocycles. The van der Waals surface area contributed by atoms with Crippen molar-refractivity contribution in [3.05, 3.63) is 29.8 Å². The molecular weight excluding hydrogens is 280 g/mol. The van der Waals surface area contributed by atoms with E-state index in [0.717, 1.165) is 0 Å². The normalized spacial score (nSPS) is 11.9. The Kier molecular flexibility index (Phi) is 5.67. The lowest BCUT2D eigenvalue weighted by molar-refractivity contribution is 0.0944. The first-order valence-electron chi connectivity index (χ1n) is 6.28. The van der Waals surface area contributed by atoms with Crippen LogP contribution in [0.4, 0.5) is 0 Å². The standard InChI is InChI=1S/C13H20N2O4S/c1-10(2)15(3)20(18,19)12-6-4-11(5-7-12)13(17)14-8-9-16/h4-7,10,16H,8-9H2,1-3H3,(H,14,17). The molecule has 0 aliphatic heterocycles. The van der Waals surface area contributed by atoms with Gasteiger partial charge in [0.1, 0.15) is 0 Å². The van der Waals surface area contributed by atoms with Crippen LogP contribution in [0.25, 0.3) is 0 Å². The maximum Gasteiger partial charge on any atom is 0.251 e. The van der Waals surface area contributed by atoms with Crippen LogP contribution in [0.1, 0.15) is 24.2 Å². The predicted octanol–water partition coefficient (Wildman–Crippen LogP) is 0.438. The Morgan fingerprint density at radius 1 is 1.30 bits per heavy atom. The van der Waals surface area contributed by atoms with Crippen molar-refractivity contribution in [3.63, 3.8) is 0 Å². The Hall–Kier alpha value is -1.44. The molecule has 0 radical (unpaired) electrons. The Balaban J connectivity index is 2.94. The average molecular weight is 300 g/mol. The second-order valence-electron chi connectivity index (χ2n) is 4.62. The minimum atomic E-state index is -3.54. The molecule has 0 aliphatic carbocycles. The van der Waals surface area contributed by atoms with Gasteiger partial charge in [-0.1, -0.05) is 0 Å². The number of hydrogen-bond donors (Lipinski definition) is 2. The summed E-state index contributed by atoms with van der Waals surface area (Å²) in [7, 11) is -2.02. The molecule has 0 saturated carbocycles. The van der Waals surface area contributed by atoms with E-state index in [9.17, 15) is 13.2 Å². The van der Waals surface area contributed by atoms with E-state index in [-0.39, 0.29) is 30.0 Å². The van der Waals surface area contributed by atoms with Crippen molar-refractivity contribution in [2.45, 2.75) is 24.8 Å². The van der Waals surface area contributed by atoms with E-state index in [0.29, 0.717) is 5.56 Å². The number of carbonyl (C=O) groups is 1. The summed E-state index contributed by atoms with van der Waals surface area (Å²) in [6.07, 6.45) is 0. The molecule has 6 nitrogen and oxygen atoms in total. The van der Waals surface area contributed by atoms with Gasteiger partial charge >= 0.3 is 0 Å². The van der Waals surface area contributed by atoms with Crippen LogP contribution in [0.3, 0.4) is 0 Å². The van der Waals surface area contributed by atoms with Crippen LogP contribution >= 0.6 is 0 Å². The number of nitrogens with zero attached hydrogens (tertiary/aromatic N) is 1. The van der Waals surface area contributed by atoms with Crippen LogP contribution in [-0.2, 0) is 10.0 Å². The van der Waals surface area contributed by atoms with E-state index in [1.165, 1.54) is 35.6 Å². The summed E-state index contributed by atoms with van der Waals surface area (Å²) >= 11 is 0. The van der Waals surface area contributed by atoms with Crippen molar-refractivity contribution in [2.75, 3.05) is 20.2 Å². The fourth-order valence-electron chi connectivity index (χ4n) is 1.49. The monoisotopic (exact) mass is 300 g/mol. The highest BCUT2D eigenvalue weighted by atomic mass is 32.2. The molecular formula is C13H20N2O4S. The SMILES string of the molecule is CC(C)N(C)S(=O)(=O)c1ccc(C(=O)NCCO)cc1. The summed E-state index contributed by atoms with van der Waals surface area (Å²) in [5, 5.41) is 11.1. The smallest absolute Gasteiger partial charge is 0.251 e. The van der Waals surface area contributed by atoms with Gasteiger partial charge in [0.25, 0.3) is 5.91 Å². The molecule has 0 atom stereocenters. The molecule has 0 spiro atoms. The second-order valence-corrected chi connectivity index (χ2v) is 6.62. The molecule has 1 rings (SSSR count). The molecule has 0 heterocycles. The Labute approximate surface area is 119 Å². The molecule has 1 aromatic rings. The van der Waals surface area contributed by atoms with Crippen LogP contribution in [-0.4, -0.2) is 50.0 Å². The third-order valence-corrected chi connectivity index (χ3v) is 4.97.